The van der Waals surface area contributed by atoms with Crippen molar-refractivity contribution in [2.24, 2.45) is 0 Å². The van der Waals surface area contributed by atoms with Crippen molar-refractivity contribution >= 4 is 25.4 Å². The summed E-state index contributed by atoms with van der Waals surface area (Å²) < 4.78 is 10.4. The number of benzene rings is 1. The largest absolute Gasteiger partial charge is 0.346 e. The molecule has 0 radical (unpaired) electrons. The van der Waals surface area contributed by atoms with E-state index >= 15 is 0 Å². The van der Waals surface area contributed by atoms with Crippen LogP contribution in [-0.4, -0.2) is 28.4 Å². The molecule has 1 rings (SSSR count). The van der Waals surface area contributed by atoms with E-state index in [4.69, 9.17) is 4.89 Å². The third-order valence-corrected chi connectivity index (χ3v) is 2.15. The van der Waals surface area contributed by atoms with Crippen LogP contribution < -0.4 is 0 Å². The van der Waals surface area contributed by atoms with Crippen molar-refractivity contribution < 1.29 is 9.46 Å². The summed E-state index contributed by atoms with van der Waals surface area (Å²) in [7, 11) is -2.28. The van der Waals surface area contributed by atoms with Gasteiger partial charge in [0.25, 0.3) is 0 Å². The highest BCUT2D eigenvalue weighted by Crippen LogP contribution is 2.14. The number of hydrogen-bond acceptors (Lipinski definition) is 1. The fourth-order valence-electron chi connectivity index (χ4n) is 0.896. The van der Waals surface area contributed by atoms with E-state index in [0.717, 1.165) is 5.56 Å². The first-order chi connectivity index (χ1) is 5.29. The Morgan fingerprint density at radius 1 is 1.25 bits per heavy atom. The van der Waals surface area contributed by atoms with Crippen molar-refractivity contribution in [3.05, 3.63) is 35.9 Å². The van der Waals surface area contributed by atoms with Gasteiger partial charge in [0.05, 0.1) is 0 Å². The Morgan fingerprint density at radius 3 is 2.33 bits per heavy atom. The molecule has 1 atom stereocenters. The molecule has 0 aliphatic rings. The molecule has 1 N–H and O–H groups in total. The van der Waals surface area contributed by atoms with Crippen molar-refractivity contribution in [1.82, 2.24) is 0 Å². The second-order valence-corrected chi connectivity index (χ2v) is 3.67. The predicted octanol–water partition coefficient (Wildman–Crippen LogP) is 0.512. The van der Waals surface area contributed by atoms with Gasteiger partial charge >= 0.3 is 0 Å². The van der Waals surface area contributed by atoms with Gasteiger partial charge in [0, 0.05) is 6.16 Å². The molecule has 12 heavy (non-hydrogen) atoms. The Balaban J connectivity index is 0.00000121. The first kappa shape index (κ1) is 11.9. The van der Waals surface area contributed by atoms with Gasteiger partial charge in [-0.05, 0) is 12.0 Å². The molecule has 0 spiro atoms. The second kappa shape index (κ2) is 6.46. The van der Waals surface area contributed by atoms with E-state index in [0.29, 0.717) is 12.6 Å². The summed E-state index contributed by atoms with van der Waals surface area (Å²) in [6, 6.07) is 9.73. The van der Waals surface area contributed by atoms with Crippen molar-refractivity contribution in [3.63, 3.8) is 0 Å². The van der Waals surface area contributed by atoms with E-state index in [2.05, 4.69) is 0 Å². The quantitative estimate of drug-likeness (QED) is 0.570. The molecule has 1 aromatic carbocycles. The van der Waals surface area contributed by atoms with Gasteiger partial charge in [0.2, 0.25) is 0 Å². The molecule has 0 saturated heterocycles. The Labute approximate surface area is 83.6 Å². The van der Waals surface area contributed by atoms with Crippen LogP contribution in [0.4, 0.5) is 0 Å². The molecule has 66 valence electrons. The average Bonchev–Trinajstić information content (AvgIpc) is 2.03. The van der Waals surface area contributed by atoms with Gasteiger partial charge in [-0.1, -0.05) is 30.3 Å². The highest BCUT2D eigenvalue weighted by molar-refractivity contribution is 7.37. The number of aryl methyl sites for hydroxylation is 1. The van der Waals surface area contributed by atoms with Crippen LogP contribution in [0.15, 0.2) is 30.3 Å². The van der Waals surface area contributed by atoms with Crippen LogP contribution in [0.5, 0.6) is 0 Å². The molecule has 1 unspecified atom stereocenters. The molecule has 0 bridgehead atoms. The molecule has 0 aliphatic carbocycles. The fourth-order valence-corrected chi connectivity index (χ4v) is 1.40. The monoisotopic (exact) mass is 200 g/mol. The third kappa shape index (κ3) is 4.75. The van der Waals surface area contributed by atoms with E-state index in [1.165, 1.54) is 0 Å². The highest BCUT2D eigenvalue weighted by Gasteiger charge is 1.94. The van der Waals surface area contributed by atoms with E-state index < -0.39 is 8.03 Å². The third-order valence-electron chi connectivity index (χ3n) is 1.47. The van der Waals surface area contributed by atoms with E-state index in [1.807, 2.05) is 30.3 Å². The Hall–Kier alpha value is -0.0575. The molecule has 2 nitrogen and oxygen atoms in total. The van der Waals surface area contributed by atoms with Crippen molar-refractivity contribution in [3.8, 4) is 0 Å². The van der Waals surface area contributed by atoms with Crippen molar-refractivity contribution in [2.75, 3.05) is 6.16 Å². The molecular formula is C8H14AlO2P. The summed E-state index contributed by atoms with van der Waals surface area (Å²) in [4.78, 5) is 8.56. The van der Waals surface area contributed by atoms with Gasteiger partial charge in [0.15, 0.2) is 25.4 Å². The van der Waals surface area contributed by atoms with E-state index in [9.17, 15) is 4.57 Å². The molecular weight excluding hydrogens is 186 g/mol. The minimum Gasteiger partial charge on any atom is -0.346 e. The zero-order chi connectivity index (χ0) is 8.10. The molecule has 0 heterocycles. The van der Waals surface area contributed by atoms with Crippen LogP contribution in [0.25, 0.3) is 0 Å². The summed E-state index contributed by atoms with van der Waals surface area (Å²) in [5.74, 6) is 0. The van der Waals surface area contributed by atoms with Crippen LogP contribution in [0.1, 0.15) is 5.56 Å². The topological polar surface area (TPSA) is 37.3 Å². The summed E-state index contributed by atoms with van der Waals surface area (Å²) in [6.45, 7) is 0. The predicted molar refractivity (Wildman–Crippen MR) is 56.2 cm³/mol. The second-order valence-electron chi connectivity index (χ2n) is 2.38. The highest BCUT2D eigenvalue weighted by atomic mass is 31.1. The first-order valence-electron chi connectivity index (χ1n) is 3.55. The van der Waals surface area contributed by atoms with Gasteiger partial charge in [0.1, 0.15) is 0 Å². The summed E-state index contributed by atoms with van der Waals surface area (Å²) in [5.41, 5.74) is 1.12. The molecule has 0 fully saturated rings. The maximum atomic E-state index is 10.4. The molecule has 0 aromatic heterocycles. The van der Waals surface area contributed by atoms with Gasteiger partial charge in [-0.2, -0.15) is 0 Å². The maximum absolute atomic E-state index is 10.4. The summed E-state index contributed by atoms with van der Waals surface area (Å²) in [6.07, 6.45) is 1.10. The van der Waals surface area contributed by atoms with Crippen molar-refractivity contribution in [1.29, 1.82) is 0 Å². The van der Waals surface area contributed by atoms with Crippen molar-refractivity contribution in [2.45, 2.75) is 6.42 Å². The fraction of sp³-hybridized carbons (Fsp3) is 0.250. The van der Waals surface area contributed by atoms with Gasteiger partial charge < -0.3 is 4.89 Å². The zero-order valence-electron chi connectivity index (χ0n) is 6.16. The lowest BCUT2D eigenvalue weighted by molar-refractivity contribution is 0.502. The molecule has 1 aromatic rings. The lowest BCUT2D eigenvalue weighted by atomic mass is 10.2. The minimum absolute atomic E-state index is 0. The lowest BCUT2D eigenvalue weighted by Crippen LogP contribution is -1.86. The Kier molecular flexibility index (Phi) is 6.43. The van der Waals surface area contributed by atoms with Crippen LogP contribution in [-0.2, 0) is 11.0 Å². The van der Waals surface area contributed by atoms with Crippen LogP contribution >= 0.6 is 8.03 Å². The molecule has 4 heteroatoms. The SMILES string of the molecule is O=[PH](O)CCc1ccccc1.[AlH3]. The van der Waals surface area contributed by atoms with Crippen LogP contribution in [0.2, 0.25) is 0 Å². The summed E-state index contributed by atoms with van der Waals surface area (Å²) >= 11 is 0. The Bertz CT molecular complexity index is 238. The number of hydrogen-bond donors (Lipinski definition) is 1. The van der Waals surface area contributed by atoms with Crippen LogP contribution in [0.3, 0.4) is 0 Å². The average molecular weight is 200 g/mol. The van der Waals surface area contributed by atoms with Gasteiger partial charge in [-0.25, -0.2) is 0 Å². The van der Waals surface area contributed by atoms with E-state index in [1.54, 1.807) is 0 Å². The van der Waals surface area contributed by atoms with Crippen LogP contribution in [0, 0.1) is 0 Å². The van der Waals surface area contributed by atoms with Gasteiger partial charge in [-0.15, -0.1) is 0 Å². The van der Waals surface area contributed by atoms with E-state index in [-0.39, 0.29) is 17.4 Å². The number of rotatable bonds is 3. The normalized spacial score (nSPS) is 11.8. The lowest BCUT2D eigenvalue weighted by Gasteiger charge is -1.96. The first-order valence-corrected chi connectivity index (χ1v) is 5.11. The zero-order valence-corrected chi connectivity index (χ0v) is 7.16. The minimum atomic E-state index is -2.28. The smallest absolute Gasteiger partial charge is 0.189 e. The molecule has 0 saturated carbocycles. The Morgan fingerprint density at radius 2 is 1.83 bits per heavy atom. The standard InChI is InChI=1S/C8H11O2P.Al.3H/c9-11(10)7-6-8-4-2-1-3-5-8;;;;/h1-5,11H,6-7H2,(H,9,10);;;;. The maximum Gasteiger partial charge on any atom is 0.189 e. The molecule has 0 aliphatic heterocycles. The molecule has 0 amide bonds. The van der Waals surface area contributed by atoms with Gasteiger partial charge in [-0.3, -0.25) is 4.57 Å². The summed E-state index contributed by atoms with van der Waals surface area (Å²) in [5, 5.41) is 0.